The fourth-order valence-corrected chi connectivity index (χ4v) is 4.03. The highest BCUT2D eigenvalue weighted by atomic mass is 19.1. The Balaban J connectivity index is 1.33. The minimum Gasteiger partial charge on any atom is -0.367 e. The molecule has 8 nitrogen and oxygen atoms in total. The molecule has 3 N–H and O–H groups in total. The lowest BCUT2D eigenvalue weighted by molar-refractivity contribution is -0.169. The molecule has 2 aromatic rings. The van der Waals surface area contributed by atoms with Crippen LogP contribution in [0.25, 0.3) is 0 Å². The molecule has 0 aliphatic carbocycles. The fraction of sp³-hybridized carbons (Fsp3) is 0.450. The van der Waals surface area contributed by atoms with Crippen molar-refractivity contribution < 1.29 is 18.7 Å². The highest BCUT2D eigenvalue weighted by molar-refractivity contribution is 5.79. The normalized spacial score (nSPS) is 20.3. The number of fused-ring (bicyclic) bond motifs is 2. The summed E-state index contributed by atoms with van der Waals surface area (Å²) in [5.74, 6) is 0.0141. The van der Waals surface area contributed by atoms with E-state index in [9.17, 15) is 14.0 Å². The number of aromatic nitrogens is 2. The molecule has 29 heavy (non-hydrogen) atoms. The SMILES string of the molecule is NC(=O)C1Cn2ccnc2C2(CCN(C(=O)NCCc3ccc(F)cc3)CC2)O1. The van der Waals surface area contributed by atoms with Crippen molar-refractivity contribution in [3.8, 4) is 0 Å². The van der Waals surface area contributed by atoms with Crippen LogP contribution in [0.3, 0.4) is 0 Å². The van der Waals surface area contributed by atoms with Crippen LogP contribution in [0.15, 0.2) is 36.7 Å². The van der Waals surface area contributed by atoms with Crippen LogP contribution in [-0.4, -0.2) is 52.1 Å². The standard InChI is InChI=1S/C20H24FN5O3/c21-15-3-1-14(2-4-15)5-8-24-19(28)25-10-6-20(7-11-25)18-23-9-12-26(18)13-16(29-20)17(22)27/h1-4,9,12,16H,5-8,10-11,13H2,(H2,22,27)(H,24,28). The molecule has 3 heterocycles. The number of halogens is 1. The molecule has 1 unspecified atom stereocenters. The number of nitrogens with one attached hydrogen (secondary N) is 1. The van der Waals surface area contributed by atoms with Crippen LogP contribution in [0.4, 0.5) is 9.18 Å². The third-order valence-corrected chi connectivity index (χ3v) is 5.63. The van der Waals surface area contributed by atoms with Crippen LogP contribution in [0.2, 0.25) is 0 Å². The number of ether oxygens (including phenoxy) is 1. The summed E-state index contributed by atoms with van der Waals surface area (Å²) < 4.78 is 21.0. The molecule has 1 spiro atoms. The number of primary amides is 1. The van der Waals surface area contributed by atoms with Crippen molar-refractivity contribution in [2.75, 3.05) is 19.6 Å². The van der Waals surface area contributed by atoms with E-state index < -0.39 is 17.6 Å². The first-order chi connectivity index (χ1) is 14.0. The summed E-state index contributed by atoms with van der Waals surface area (Å²) in [4.78, 5) is 30.4. The first-order valence-corrected chi connectivity index (χ1v) is 9.73. The van der Waals surface area contributed by atoms with Crippen molar-refractivity contribution in [3.63, 3.8) is 0 Å². The van der Waals surface area contributed by atoms with Crippen molar-refractivity contribution >= 4 is 11.9 Å². The van der Waals surface area contributed by atoms with Crippen molar-refractivity contribution in [2.45, 2.75) is 37.5 Å². The van der Waals surface area contributed by atoms with Crippen LogP contribution in [0, 0.1) is 5.82 Å². The topological polar surface area (TPSA) is 102 Å². The van der Waals surface area contributed by atoms with Gasteiger partial charge in [0.15, 0.2) is 6.10 Å². The smallest absolute Gasteiger partial charge is 0.317 e. The van der Waals surface area contributed by atoms with E-state index in [4.69, 9.17) is 10.5 Å². The maximum atomic E-state index is 13.0. The van der Waals surface area contributed by atoms with Gasteiger partial charge in [-0.1, -0.05) is 12.1 Å². The molecule has 9 heteroatoms. The Bertz CT molecular complexity index is 890. The van der Waals surface area contributed by atoms with Crippen molar-refractivity contribution in [3.05, 3.63) is 53.9 Å². The molecule has 0 radical (unpaired) electrons. The molecule has 1 fully saturated rings. The second-order valence-corrected chi connectivity index (χ2v) is 7.50. The molecule has 0 saturated carbocycles. The van der Waals surface area contributed by atoms with Gasteiger partial charge in [0, 0.05) is 44.9 Å². The van der Waals surface area contributed by atoms with Gasteiger partial charge >= 0.3 is 6.03 Å². The summed E-state index contributed by atoms with van der Waals surface area (Å²) in [5, 5.41) is 2.91. The van der Waals surface area contributed by atoms with Gasteiger partial charge in [-0.15, -0.1) is 0 Å². The zero-order chi connectivity index (χ0) is 20.4. The zero-order valence-electron chi connectivity index (χ0n) is 16.0. The van der Waals surface area contributed by atoms with E-state index in [1.807, 2.05) is 10.8 Å². The molecule has 4 rings (SSSR count). The number of rotatable bonds is 4. The lowest BCUT2D eigenvalue weighted by Crippen LogP contribution is -2.55. The van der Waals surface area contributed by atoms with Gasteiger partial charge in [0.1, 0.15) is 17.2 Å². The molecule has 2 aliphatic rings. The number of carbonyl (C=O) groups excluding carboxylic acids is 2. The highest BCUT2D eigenvalue weighted by Gasteiger charge is 2.47. The van der Waals surface area contributed by atoms with Gasteiger partial charge in [-0.2, -0.15) is 0 Å². The zero-order valence-corrected chi connectivity index (χ0v) is 16.0. The van der Waals surface area contributed by atoms with E-state index in [1.165, 1.54) is 12.1 Å². The second kappa shape index (κ2) is 7.82. The average molecular weight is 401 g/mol. The second-order valence-electron chi connectivity index (χ2n) is 7.50. The Morgan fingerprint density at radius 1 is 1.28 bits per heavy atom. The number of urea groups is 1. The lowest BCUT2D eigenvalue weighted by Gasteiger charge is -2.45. The number of piperidine rings is 1. The van der Waals surface area contributed by atoms with Gasteiger partial charge in [0.2, 0.25) is 5.91 Å². The first-order valence-electron chi connectivity index (χ1n) is 9.73. The third-order valence-electron chi connectivity index (χ3n) is 5.63. The third kappa shape index (κ3) is 3.95. The summed E-state index contributed by atoms with van der Waals surface area (Å²) in [7, 11) is 0. The van der Waals surface area contributed by atoms with Crippen molar-refractivity contribution in [1.82, 2.24) is 19.8 Å². The molecule has 1 aromatic carbocycles. The van der Waals surface area contributed by atoms with E-state index in [1.54, 1.807) is 23.2 Å². The van der Waals surface area contributed by atoms with E-state index in [2.05, 4.69) is 10.3 Å². The van der Waals surface area contributed by atoms with Crippen LogP contribution < -0.4 is 11.1 Å². The number of hydrogen-bond donors (Lipinski definition) is 2. The van der Waals surface area contributed by atoms with Crippen LogP contribution >= 0.6 is 0 Å². The summed E-state index contributed by atoms with van der Waals surface area (Å²) in [6.07, 6.45) is 4.53. The Hall–Kier alpha value is -2.94. The molecule has 1 saturated heterocycles. The van der Waals surface area contributed by atoms with E-state index >= 15 is 0 Å². The number of nitrogens with two attached hydrogens (primary N) is 1. The molecule has 0 bridgehead atoms. The van der Waals surface area contributed by atoms with Gasteiger partial charge in [0.05, 0.1) is 6.54 Å². The average Bonchev–Trinajstić information content (AvgIpc) is 3.20. The predicted molar refractivity (Wildman–Crippen MR) is 102 cm³/mol. The Labute approximate surface area is 167 Å². The number of amides is 3. The number of hydrogen-bond acceptors (Lipinski definition) is 4. The fourth-order valence-electron chi connectivity index (χ4n) is 4.03. The van der Waals surface area contributed by atoms with Crippen LogP contribution in [-0.2, 0) is 28.1 Å². The van der Waals surface area contributed by atoms with E-state index in [0.29, 0.717) is 45.4 Å². The number of carbonyl (C=O) groups is 2. The number of likely N-dealkylation sites (tertiary alicyclic amines) is 1. The molecule has 3 amide bonds. The Kier molecular flexibility index (Phi) is 5.23. The van der Waals surface area contributed by atoms with Gasteiger partial charge in [0.25, 0.3) is 0 Å². The summed E-state index contributed by atoms with van der Waals surface area (Å²) in [5.41, 5.74) is 5.74. The lowest BCUT2D eigenvalue weighted by atomic mass is 9.88. The molecule has 1 aromatic heterocycles. The number of imidazole rings is 1. The van der Waals surface area contributed by atoms with E-state index in [0.717, 1.165) is 11.4 Å². The predicted octanol–water partition coefficient (Wildman–Crippen LogP) is 1.15. The quantitative estimate of drug-likeness (QED) is 0.802. The maximum absolute atomic E-state index is 13.0. The van der Waals surface area contributed by atoms with Gasteiger partial charge < -0.3 is 25.3 Å². The molecule has 154 valence electrons. The molecule has 1 atom stereocenters. The monoisotopic (exact) mass is 401 g/mol. The van der Waals surface area contributed by atoms with Crippen molar-refractivity contribution in [2.24, 2.45) is 5.73 Å². The largest absolute Gasteiger partial charge is 0.367 e. The number of benzene rings is 1. The minimum absolute atomic E-state index is 0.146. The Morgan fingerprint density at radius 2 is 2.00 bits per heavy atom. The molecular formula is C20H24FN5O3. The van der Waals surface area contributed by atoms with E-state index in [-0.39, 0.29) is 11.8 Å². The summed E-state index contributed by atoms with van der Waals surface area (Å²) in [6, 6.07) is 6.10. The first kappa shape index (κ1) is 19.4. The summed E-state index contributed by atoms with van der Waals surface area (Å²) >= 11 is 0. The molecular weight excluding hydrogens is 377 g/mol. The minimum atomic E-state index is -0.702. The van der Waals surface area contributed by atoms with Gasteiger partial charge in [-0.25, -0.2) is 14.2 Å². The number of nitrogens with zero attached hydrogens (tertiary/aromatic N) is 3. The van der Waals surface area contributed by atoms with Gasteiger partial charge in [-0.3, -0.25) is 4.79 Å². The summed E-state index contributed by atoms with van der Waals surface area (Å²) in [6.45, 7) is 1.80. The Morgan fingerprint density at radius 3 is 2.69 bits per heavy atom. The van der Waals surface area contributed by atoms with Gasteiger partial charge in [-0.05, 0) is 24.1 Å². The van der Waals surface area contributed by atoms with Crippen LogP contribution in [0.5, 0.6) is 0 Å². The maximum Gasteiger partial charge on any atom is 0.317 e. The highest BCUT2D eigenvalue weighted by Crippen LogP contribution is 2.39. The molecule has 2 aliphatic heterocycles. The van der Waals surface area contributed by atoms with Crippen molar-refractivity contribution in [1.29, 1.82) is 0 Å². The van der Waals surface area contributed by atoms with Crippen LogP contribution in [0.1, 0.15) is 24.2 Å².